The van der Waals surface area contributed by atoms with Gasteiger partial charge in [-0.15, -0.1) is 0 Å². The Balaban J connectivity index is 1.56. The molecule has 3 saturated heterocycles. The molecule has 2 atom stereocenters. The predicted octanol–water partition coefficient (Wildman–Crippen LogP) is 1.39. The maximum atomic E-state index is 12.5. The van der Waals surface area contributed by atoms with Gasteiger partial charge >= 0.3 is 6.03 Å². The second-order valence-electron chi connectivity index (χ2n) is 7.70. The maximum absolute atomic E-state index is 12.5. The van der Waals surface area contributed by atoms with Crippen LogP contribution in [-0.2, 0) is 11.3 Å². The minimum Gasteiger partial charge on any atom is -0.496 e. The number of urea groups is 1. The molecule has 7 heteroatoms. The number of carbonyl (C=O) groups excluding carboxylic acids is 2. The second kappa shape index (κ2) is 8.61. The molecule has 27 heavy (non-hydrogen) atoms. The summed E-state index contributed by atoms with van der Waals surface area (Å²) in [5.74, 6) is 1.23. The zero-order chi connectivity index (χ0) is 19.4. The first-order valence-corrected chi connectivity index (χ1v) is 9.56. The van der Waals surface area contributed by atoms with E-state index in [1.54, 1.807) is 26.1 Å². The number of methoxy groups -OCH3 is 1. The maximum Gasteiger partial charge on any atom is 0.319 e. The summed E-state index contributed by atoms with van der Waals surface area (Å²) in [5.41, 5.74) is 0.966. The van der Waals surface area contributed by atoms with E-state index < -0.39 is 0 Å². The largest absolute Gasteiger partial charge is 0.496 e. The third kappa shape index (κ3) is 4.71. The minimum absolute atomic E-state index is 0.0129. The Bertz CT molecular complexity index is 679. The summed E-state index contributed by atoms with van der Waals surface area (Å²) in [6, 6.07) is 8.02. The van der Waals surface area contributed by atoms with Crippen LogP contribution >= 0.6 is 0 Å². The first-order chi connectivity index (χ1) is 13.0. The molecule has 3 fully saturated rings. The van der Waals surface area contributed by atoms with Crippen molar-refractivity contribution >= 4 is 11.9 Å². The first kappa shape index (κ1) is 19.5. The number of ether oxygens (including phenoxy) is 1. The summed E-state index contributed by atoms with van der Waals surface area (Å²) in [4.78, 5) is 30.7. The van der Waals surface area contributed by atoms with Gasteiger partial charge in [0.1, 0.15) is 5.75 Å². The van der Waals surface area contributed by atoms with E-state index in [2.05, 4.69) is 10.2 Å². The lowest BCUT2D eigenvalue weighted by molar-refractivity contribution is -0.123. The summed E-state index contributed by atoms with van der Waals surface area (Å²) in [6.45, 7) is 3.19. The Morgan fingerprint density at radius 3 is 2.70 bits per heavy atom. The van der Waals surface area contributed by atoms with E-state index in [1.165, 1.54) is 0 Å². The van der Waals surface area contributed by atoms with Gasteiger partial charge in [-0.25, -0.2) is 4.79 Å². The number of hydrogen-bond donors (Lipinski definition) is 1. The van der Waals surface area contributed by atoms with Gasteiger partial charge in [0.05, 0.1) is 13.7 Å². The highest BCUT2D eigenvalue weighted by molar-refractivity contribution is 5.78. The van der Waals surface area contributed by atoms with Gasteiger partial charge in [-0.05, 0) is 24.8 Å². The molecule has 0 unspecified atom stereocenters. The van der Waals surface area contributed by atoms with Crippen LogP contribution in [0.4, 0.5) is 4.79 Å². The second-order valence-corrected chi connectivity index (χ2v) is 7.70. The number of nitrogens with one attached hydrogen (secondary N) is 1. The molecular formula is C20H30N4O3. The number of nitrogens with zero attached hydrogens (tertiary/aromatic N) is 3. The molecule has 0 saturated carbocycles. The molecule has 1 aromatic rings. The van der Waals surface area contributed by atoms with Gasteiger partial charge in [0.2, 0.25) is 5.91 Å². The van der Waals surface area contributed by atoms with Crippen LogP contribution in [0.1, 0.15) is 18.4 Å². The van der Waals surface area contributed by atoms with E-state index in [1.807, 2.05) is 29.2 Å². The monoisotopic (exact) mass is 374 g/mol. The van der Waals surface area contributed by atoms with E-state index in [0.717, 1.165) is 37.2 Å². The molecule has 0 aromatic heterocycles. The summed E-state index contributed by atoms with van der Waals surface area (Å²) in [6.07, 6.45) is 2.17. The number of rotatable bonds is 5. The van der Waals surface area contributed by atoms with Gasteiger partial charge in [0, 0.05) is 51.9 Å². The van der Waals surface area contributed by atoms with Crippen molar-refractivity contribution in [3.63, 3.8) is 0 Å². The lowest BCUT2D eigenvalue weighted by atomic mass is 9.95. The lowest BCUT2D eigenvalue weighted by Gasteiger charge is -2.35. The smallest absolute Gasteiger partial charge is 0.319 e. The molecule has 3 heterocycles. The van der Waals surface area contributed by atoms with Gasteiger partial charge in [0.25, 0.3) is 0 Å². The summed E-state index contributed by atoms with van der Waals surface area (Å²) < 4.78 is 5.33. The number of carbonyl (C=O) groups is 2. The summed E-state index contributed by atoms with van der Waals surface area (Å²) in [7, 11) is 5.21. The molecule has 3 amide bonds. The van der Waals surface area contributed by atoms with E-state index >= 15 is 0 Å². The first-order valence-electron chi connectivity index (χ1n) is 9.56. The van der Waals surface area contributed by atoms with Gasteiger partial charge < -0.3 is 19.9 Å². The summed E-state index contributed by atoms with van der Waals surface area (Å²) in [5, 5.41) is 3.00. The van der Waals surface area contributed by atoms with Crippen molar-refractivity contribution in [3.05, 3.63) is 29.8 Å². The van der Waals surface area contributed by atoms with Gasteiger partial charge in [-0.1, -0.05) is 18.2 Å². The number of hydrogen-bond acceptors (Lipinski definition) is 4. The van der Waals surface area contributed by atoms with Crippen LogP contribution in [0.3, 0.4) is 0 Å². The third-order valence-electron chi connectivity index (χ3n) is 5.50. The number of benzene rings is 1. The van der Waals surface area contributed by atoms with Crippen molar-refractivity contribution < 1.29 is 14.3 Å². The van der Waals surface area contributed by atoms with Crippen molar-refractivity contribution in [1.29, 1.82) is 0 Å². The van der Waals surface area contributed by atoms with E-state index in [0.29, 0.717) is 25.6 Å². The van der Waals surface area contributed by atoms with Crippen molar-refractivity contribution in [1.82, 2.24) is 20.0 Å². The highest BCUT2D eigenvalue weighted by Crippen LogP contribution is 2.28. The predicted molar refractivity (Wildman–Crippen MR) is 104 cm³/mol. The highest BCUT2D eigenvalue weighted by Gasteiger charge is 2.37. The Kier molecular flexibility index (Phi) is 6.21. The average molecular weight is 374 g/mol. The Morgan fingerprint density at radius 1 is 1.19 bits per heavy atom. The molecule has 0 aliphatic carbocycles. The topological polar surface area (TPSA) is 65.1 Å². The fourth-order valence-corrected chi connectivity index (χ4v) is 4.09. The molecule has 1 aromatic carbocycles. The minimum atomic E-state index is 0.0129. The van der Waals surface area contributed by atoms with Crippen LogP contribution in [0, 0.1) is 5.92 Å². The van der Waals surface area contributed by atoms with Crippen molar-refractivity contribution in [2.75, 3.05) is 47.4 Å². The molecule has 3 aliphatic rings. The van der Waals surface area contributed by atoms with Crippen molar-refractivity contribution in [2.45, 2.75) is 25.4 Å². The van der Waals surface area contributed by atoms with Crippen LogP contribution in [0.15, 0.2) is 24.3 Å². The molecule has 7 nitrogen and oxygen atoms in total. The van der Waals surface area contributed by atoms with Crippen LogP contribution < -0.4 is 10.1 Å². The molecule has 2 bridgehead atoms. The molecule has 0 spiro atoms. The Morgan fingerprint density at radius 2 is 1.96 bits per heavy atom. The number of para-hydroxylation sites is 1. The molecule has 148 valence electrons. The highest BCUT2D eigenvalue weighted by atomic mass is 16.5. The SMILES string of the molecule is COc1ccccc1CNC(=O)CN1C[C@H]2CC[C@@H]1CN(C(=O)N(C)C)C2. The van der Waals surface area contributed by atoms with Crippen molar-refractivity contribution in [3.8, 4) is 5.75 Å². The molecule has 4 rings (SSSR count). The van der Waals surface area contributed by atoms with Crippen molar-refractivity contribution in [2.24, 2.45) is 5.92 Å². The Labute approximate surface area is 161 Å². The standard InChI is InChI=1S/C20H30N4O3/c1-22(2)20(26)24-12-15-8-9-17(13-24)23(11-15)14-19(25)21-10-16-6-4-5-7-18(16)27-3/h4-7,15,17H,8-14H2,1-3H3,(H,21,25)/t15-,17-/m1/s1. The summed E-state index contributed by atoms with van der Waals surface area (Å²) >= 11 is 0. The number of fused-ring (bicyclic) bond motifs is 4. The van der Waals surface area contributed by atoms with Gasteiger partial charge in [-0.2, -0.15) is 0 Å². The molecule has 0 radical (unpaired) electrons. The number of piperidine rings is 1. The zero-order valence-corrected chi connectivity index (χ0v) is 16.5. The Hall–Kier alpha value is -2.28. The van der Waals surface area contributed by atoms with Gasteiger partial charge in [-0.3, -0.25) is 9.69 Å². The normalized spacial score (nSPS) is 22.3. The zero-order valence-electron chi connectivity index (χ0n) is 16.5. The van der Waals surface area contributed by atoms with Crippen LogP contribution in [0.5, 0.6) is 5.75 Å². The molecule has 3 aliphatic heterocycles. The van der Waals surface area contributed by atoms with Gasteiger partial charge in [0.15, 0.2) is 0 Å². The molecule has 1 N–H and O–H groups in total. The fourth-order valence-electron chi connectivity index (χ4n) is 4.09. The van der Waals surface area contributed by atoms with Crippen LogP contribution in [0.25, 0.3) is 0 Å². The average Bonchev–Trinajstić information content (AvgIpc) is 2.97. The van der Waals surface area contributed by atoms with E-state index in [4.69, 9.17) is 4.74 Å². The third-order valence-corrected chi connectivity index (χ3v) is 5.50. The lowest BCUT2D eigenvalue weighted by Crippen LogP contribution is -2.49. The van der Waals surface area contributed by atoms with E-state index in [9.17, 15) is 9.59 Å². The number of amides is 3. The van der Waals surface area contributed by atoms with Crippen LogP contribution in [0.2, 0.25) is 0 Å². The molecular weight excluding hydrogens is 344 g/mol. The van der Waals surface area contributed by atoms with E-state index in [-0.39, 0.29) is 18.0 Å². The fraction of sp³-hybridized carbons (Fsp3) is 0.600. The van der Waals surface area contributed by atoms with Crippen LogP contribution in [-0.4, -0.2) is 80.1 Å². The quantitative estimate of drug-likeness (QED) is 0.846.